The van der Waals surface area contributed by atoms with Gasteiger partial charge in [0.15, 0.2) is 5.69 Å². The number of hydrogen-bond acceptors (Lipinski definition) is 5. The number of ether oxygens (including phenoxy) is 3. The molecule has 1 amide bonds. The number of nitrogens with zero attached hydrogens (tertiary/aromatic N) is 3. The van der Waals surface area contributed by atoms with E-state index in [1.165, 1.54) is 0 Å². The van der Waals surface area contributed by atoms with Crippen LogP contribution in [0.3, 0.4) is 0 Å². The highest BCUT2D eigenvalue weighted by molar-refractivity contribution is 5.94. The molecular weight excluding hydrogens is 310 g/mol. The predicted octanol–water partition coefficient (Wildman–Crippen LogP) is 1.10. The topological polar surface area (TPSA) is 65.8 Å². The molecule has 1 fully saturated rings. The molecule has 0 bridgehead atoms. The summed E-state index contributed by atoms with van der Waals surface area (Å²) in [5.74, 6) is 0.583. The molecule has 0 N–H and O–H groups in total. The van der Waals surface area contributed by atoms with Gasteiger partial charge in [-0.2, -0.15) is 5.10 Å². The number of piperidine rings is 1. The second-order valence-corrected chi connectivity index (χ2v) is 6.48. The summed E-state index contributed by atoms with van der Waals surface area (Å²) in [6.07, 6.45) is 2.78. The van der Waals surface area contributed by atoms with Gasteiger partial charge in [-0.1, -0.05) is 0 Å². The second-order valence-electron chi connectivity index (χ2n) is 6.48. The van der Waals surface area contributed by atoms with Crippen LogP contribution >= 0.6 is 0 Å². The van der Waals surface area contributed by atoms with E-state index in [9.17, 15) is 4.79 Å². The fraction of sp³-hybridized carbons (Fsp3) is 0.765. The third-order valence-electron chi connectivity index (χ3n) is 4.91. The van der Waals surface area contributed by atoms with Crippen LogP contribution in [-0.4, -0.2) is 67.7 Å². The number of carbonyl (C=O) groups excluding carboxylic acids is 1. The zero-order valence-corrected chi connectivity index (χ0v) is 14.6. The van der Waals surface area contributed by atoms with Gasteiger partial charge >= 0.3 is 0 Å². The highest BCUT2D eigenvalue weighted by atomic mass is 16.5. The fourth-order valence-electron chi connectivity index (χ4n) is 3.53. The minimum absolute atomic E-state index is 0.0313. The van der Waals surface area contributed by atoms with Crippen molar-refractivity contribution < 1.29 is 19.0 Å². The lowest BCUT2D eigenvalue weighted by Crippen LogP contribution is -2.40. The van der Waals surface area contributed by atoms with E-state index >= 15 is 0 Å². The molecule has 1 saturated heterocycles. The van der Waals surface area contributed by atoms with Crippen molar-refractivity contribution in [3.63, 3.8) is 0 Å². The molecule has 0 atom stereocenters. The van der Waals surface area contributed by atoms with Crippen LogP contribution in [0.25, 0.3) is 0 Å². The van der Waals surface area contributed by atoms with Crippen molar-refractivity contribution in [2.75, 3.05) is 47.1 Å². The molecule has 3 heterocycles. The molecule has 0 saturated carbocycles. The Labute approximate surface area is 142 Å². The van der Waals surface area contributed by atoms with E-state index < -0.39 is 0 Å². The summed E-state index contributed by atoms with van der Waals surface area (Å²) in [6.45, 7) is 4.73. The fourth-order valence-corrected chi connectivity index (χ4v) is 3.53. The highest BCUT2D eigenvalue weighted by Crippen LogP contribution is 2.24. The van der Waals surface area contributed by atoms with E-state index in [1.807, 2.05) is 9.58 Å². The molecule has 7 heteroatoms. The number of aromatic nitrogens is 2. The second kappa shape index (κ2) is 8.09. The summed E-state index contributed by atoms with van der Waals surface area (Å²) < 4.78 is 17.9. The first-order valence-electron chi connectivity index (χ1n) is 8.68. The van der Waals surface area contributed by atoms with E-state index in [1.54, 1.807) is 14.2 Å². The monoisotopic (exact) mass is 337 g/mol. The Kier molecular flexibility index (Phi) is 5.86. The summed E-state index contributed by atoms with van der Waals surface area (Å²) in [5.41, 5.74) is 2.64. The first kappa shape index (κ1) is 17.4. The Morgan fingerprint density at radius 2 is 2.08 bits per heavy atom. The van der Waals surface area contributed by atoms with Gasteiger partial charge < -0.3 is 19.1 Å². The molecule has 1 aromatic heterocycles. The molecule has 0 aliphatic carbocycles. The minimum atomic E-state index is 0.0313. The van der Waals surface area contributed by atoms with Gasteiger partial charge in [0.25, 0.3) is 5.91 Å². The van der Waals surface area contributed by atoms with Crippen LogP contribution in [-0.2, 0) is 33.8 Å². The van der Waals surface area contributed by atoms with Gasteiger partial charge in [0.1, 0.15) is 0 Å². The SMILES string of the molecule is COCCn1nc(C(=O)N2CCC(COC)CC2)c2c1CCOC2. The molecule has 24 heavy (non-hydrogen) atoms. The Morgan fingerprint density at radius 1 is 1.29 bits per heavy atom. The van der Waals surface area contributed by atoms with Crippen molar-refractivity contribution in [3.8, 4) is 0 Å². The van der Waals surface area contributed by atoms with Crippen molar-refractivity contribution in [1.82, 2.24) is 14.7 Å². The third-order valence-corrected chi connectivity index (χ3v) is 4.91. The minimum Gasteiger partial charge on any atom is -0.384 e. The Bertz CT molecular complexity index is 564. The number of likely N-dealkylation sites (tertiary alicyclic amines) is 1. The smallest absolute Gasteiger partial charge is 0.274 e. The number of carbonyl (C=O) groups is 1. The lowest BCUT2D eigenvalue weighted by atomic mass is 9.97. The number of amides is 1. The average Bonchev–Trinajstić information content (AvgIpc) is 2.99. The maximum absolute atomic E-state index is 13.0. The van der Waals surface area contributed by atoms with E-state index in [0.29, 0.717) is 38.0 Å². The van der Waals surface area contributed by atoms with Gasteiger partial charge in [0.2, 0.25) is 0 Å². The number of methoxy groups -OCH3 is 2. The third kappa shape index (κ3) is 3.63. The lowest BCUT2D eigenvalue weighted by molar-refractivity contribution is 0.0599. The Hall–Kier alpha value is -1.44. The van der Waals surface area contributed by atoms with Crippen LogP contribution in [0.4, 0.5) is 0 Å². The average molecular weight is 337 g/mol. The number of fused-ring (bicyclic) bond motifs is 1. The van der Waals surface area contributed by atoms with Crippen LogP contribution in [0, 0.1) is 5.92 Å². The predicted molar refractivity (Wildman–Crippen MR) is 88.0 cm³/mol. The summed E-state index contributed by atoms with van der Waals surface area (Å²) in [4.78, 5) is 14.9. The van der Waals surface area contributed by atoms with Gasteiger partial charge in [0, 0.05) is 51.6 Å². The van der Waals surface area contributed by atoms with E-state index in [2.05, 4.69) is 5.10 Å². The van der Waals surface area contributed by atoms with Crippen LogP contribution in [0.1, 0.15) is 34.6 Å². The van der Waals surface area contributed by atoms with Crippen LogP contribution in [0.15, 0.2) is 0 Å². The van der Waals surface area contributed by atoms with Crippen molar-refractivity contribution in [3.05, 3.63) is 17.0 Å². The molecule has 7 nitrogen and oxygen atoms in total. The normalized spacial score (nSPS) is 18.7. The zero-order valence-electron chi connectivity index (χ0n) is 14.6. The van der Waals surface area contributed by atoms with Crippen molar-refractivity contribution in [2.24, 2.45) is 5.92 Å². The van der Waals surface area contributed by atoms with Crippen molar-refractivity contribution in [1.29, 1.82) is 0 Å². The first-order valence-corrected chi connectivity index (χ1v) is 8.68. The molecule has 0 aromatic carbocycles. The van der Waals surface area contributed by atoms with Crippen LogP contribution in [0.2, 0.25) is 0 Å². The van der Waals surface area contributed by atoms with Gasteiger partial charge in [-0.05, 0) is 18.8 Å². The molecule has 0 radical (unpaired) electrons. The van der Waals surface area contributed by atoms with Gasteiger partial charge in [-0.3, -0.25) is 9.48 Å². The molecule has 0 spiro atoms. The lowest BCUT2D eigenvalue weighted by Gasteiger charge is -2.31. The molecule has 2 aliphatic heterocycles. The van der Waals surface area contributed by atoms with Gasteiger partial charge in [-0.25, -0.2) is 0 Å². The van der Waals surface area contributed by atoms with Gasteiger partial charge in [0.05, 0.1) is 26.4 Å². The first-order chi connectivity index (χ1) is 11.7. The highest BCUT2D eigenvalue weighted by Gasteiger charge is 2.30. The standard InChI is InChI=1S/C17H27N3O4/c1-22-10-8-20-15-5-9-24-12-14(15)16(18-20)17(21)19-6-3-13(4-7-19)11-23-2/h13H,3-12H2,1-2H3. The largest absolute Gasteiger partial charge is 0.384 e. The molecular formula is C17H27N3O4. The van der Waals surface area contributed by atoms with Crippen LogP contribution in [0.5, 0.6) is 0 Å². The van der Waals surface area contributed by atoms with Crippen molar-refractivity contribution >= 4 is 5.91 Å². The van der Waals surface area contributed by atoms with E-state index in [0.717, 1.165) is 50.2 Å². The van der Waals surface area contributed by atoms with E-state index in [4.69, 9.17) is 14.2 Å². The molecule has 134 valence electrons. The Balaban J connectivity index is 1.74. The Morgan fingerprint density at radius 3 is 2.79 bits per heavy atom. The maximum atomic E-state index is 13.0. The van der Waals surface area contributed by atoms with E-state index in [-0.39, 0.29) is 5.91 Å². The summed E-state index contributed by atoms with van der Waals surface area (Å²) in [5, 5.41) is 4.60. The molecule has 3 rings (SSSR count). The summed E-state index contributed by atoms with van der Waals surface area (Å²) in [7, 11) is 3.41. The maximum Gasteiger partial charge on any atom is 0.274 e. The molecule has 0 unspecified atom stereocenters. The zero-order chi connectivity index (χ0) is 16.9. The van der Waals surface area contributed by atoms with Gasteiger partial charge in [-0.15, -0.1) is 0 Å². The van der Waals surface area contributed by atoms with Crippen LogP contribution < -0.4 is 0 Å². The molecule has 2 aliphatic rings. The number of rotatable bonds is 6. The summed E-state index contributed by atoms with van der Waals surface area (Å²) in [6, 6.07) is 0. The number of hydrogen-bond donors (Lipinski definition) is 0. The quantitative estimate of drug-likeness (QED) is 0.778. The van der Waals surface area contributed by atoms with Crippen molar-refractivity contribution in [2.45, 2.75) is 32.4 Å². The summed E-state index contributed by atoms with van der Waals surface area (Å²) >= 11 is 0. The molecule has 1 aromatic rings.